The zero-order chi connectivity index (χ0) is 17.7. The van der Waals surface area contributed by atoms with Crippen LogP contribution >= 0.6 is 11.3 Å². The maximum atomic E-state index is 11.8. The molecule has 0 N–H and O–H groups in total. The molecule has 7 heteroatoms. The number of rotatable bonds is 3. The second-order valence-corrected chi connectivity index (χ2v) is 10.2. The molecule has 4 rings (SSSR count). The van der Waals surface area contributed by atoms with Gasteiger partial charge in [-0.25, -0.2) is 13.4 Å². The van der Waals surface area contributed by atoms with Gasteiger partial charge in [-0.1, -0.05) is 6.07 Å². The highest BCUT2D eigenvalue weighted by atomic mass is 32.2. The summed E-state index contributed by atoms with van der Waals surface area (Å²) in [5, 5.41) is 5.33. The van der Waals surface area contributed by atoms with Crippen molar-refractivity contribution in [2.75, 3.05) is 11.5 Å². The van der Waals surface area contributed by atoms with E-state index < -0.39 is 15.4 Å². The van der Waals surface area contributed by atoms with Crippen molar-refractivity contribution in [1.29, 1.82) is 0 Å². The Morgan fingerprint density at radius 3 is 2.92 bits per heavy atom. The van der Waals surface area contributed by atoms with Crippen LogP contribution in [-0.2, 0) is 15.4 Å². The van der Waals surface area contributed by atoms with Crippen LogP contribution in [-0.4, -0.2) is 34.7 Å². The van der Waals surface area contributed by atoms with Crippen molar-refractivity contribution in [3.05, 3.63) is 46.7 Å². The molecular formula is C18H19N3O2S2. The number of benzene rings is 1. The van der Waals surface area contributed by atoms with Gasteiger partial charge in [0.2, 0.25) is 0 Å². The SMILES string of the molecule is Cc1ccc2sc(/C=C/c3cnn(C4(C)CCS(=O)(=O)C4)c3)nc2c1. The Labute approximate surface area is 150 Å². The largest absolute Gasteiger partial charge is 0.265 e. The van der Waals surface area contributed by atoms with Gasteiger partial charge in [0.15, 0.2) is 9.84 Å². The van der Waals surface area contributed by atoms with Gasteiger partial charge in [-0.15, -0.1) is 11.3 Å². The van der Waals surface area contributed by atoms with Crippen molar-refractivity contribution < 1.29 is 8.42 Å². The zero-order valence-corrected chi connectivity index (χ0v) is 15.8. The van der Waals surface area contributed by atoms with Gasteiger partial charge >= 0.3 is 0 Å². The molecule has 2 aromatic heterocycles. The number of nitrogens with zero attached hydrogens (tertiary/aromatic N) is 3. The Hall–Kier alpha value is -1.99. The summed E-state index contributed by atoms with van der Waals surface area (Å²) in [4.78, 5) is 4.63. The normalized spacial score (nSPS) is 23.0. The molecule has 5 nitrogen and oxygen atoms in total. The molecule has 3 aromatic rings. The predicted molar refractivity (Wildman–Crippen MR) is 102 cm³/mol. The van der Waals surface area contributed by atoms with E-state index in [0.717, 1.165) is 16.1 Å². The van der Waals surface area contributed by atoms with Crippen molar-refractivity contribution >= 4 is 43.5 Å². The molecule has 25 heavy (non-hydrogen) atoms. The van der Waals surface area contributed by atoms with Gasteiger partial charge < -0.3 is 0 Å². The van der Waals surface area contributed by atoms with E-state index in [9.17, 15) is 8.42 Å². The van der Waals surface area contributed by atoms with Crippen LogP contribution in [0, 0.1) is 6.92 Å². The Morgan fingerprint density at radius 2 is 2.16 bits per heavy atom. The Bertz CT molecular complexity index is 1080. The molecule has 1 aliphatic rings. The molecule has 3 heterocycles. The minimum Gasteiger partial charge on any atom is -0.265 e. The molecule has 0 spiro atoms. The van der Waals surface area contributed by atoms with Gasteiger partial charge in [0.25, 0.3) is 0 Å². The second-order valence-electron chi connectivity index (χ2n) is 6.91. The number of aromatic nitrogens is 3. The molecule has 0 aliphatic carbocycles. The molecule has 1 unspecified atom stereocenters. The lowest BCUT2D eigenvalue weighted by Gasteiger charge is -2.22. The van der Waals surface area contributed by atoms with E-state index in [1.807, 2.05) is 25.3 Å². The summed E-state index contributed by atoms with van der Waals surface area (Å²) in [6.07, 6.45) is 8.24. The van der Waals surface area contributed by atoms with Crippen molar-refractivity contribution in [1.82, 2.24) is 14.8 Å². The van der Waals surface area contributed by atoms with Gasteiger partial charge in [-0.3, -0.25) is 4.68 Å². The average molecular weight is 374 g/mol. The maximum absolute atomic E-state index is 11.8. The summed E-state index contributed by atoms with van der Waals surface area (Å²) in [7, 11) is -2.95. The monoisotopic (exact) mass is 373 g/mol. The Morgan fingerprint density at radius 1 is 1.32 bits per heavy atom. The summed E-state index contributed by atoms with van der Waals surface area (Å²) in [5.74, 6) is 0.391. The number of fused-ring (bicyclic) bond motifs is 1. The van der Waals surface area contributed by atoms with Crippen LogP contribution in [0.5, 0.6) is 0 Å². The number of hydrogen-bond acceptors (Lipinski definition) is 5. The first kappa shape index (κ1) is 16.5. The third-order valence-corrected chi connectivity index (χ3v) is 7.51. The van der Waals surface area contributed by atoms with E-state index >= 15 is 0 Å². The van der Waals surface area contributed by atoms with Crippen molar-refractivity contribution in [3.63, 3.8) is 0 Å². The van der Waals surface area contributed by atoms with Crippen LogP contribution in [0.4, 0.5) is 0 Å². The zero-order valence-electron chi connectivity index (χ0n) is 14.1. The van der Waals surface area contributed by atoms with Crippen LogP contribution in [0.2, 0.25) is 0 Å². The first-order chi connectivity index (χ1) is 11.8. The van der Waals surface area contributed by atoms with Crippen LogP contribution in [0.25, 0.3) is 22.4 Å². The van der Waals surface area contributed by atoms with E-state index in [4.69, 9.17) is 0 Å². The first-order valence-corrected chi connectivity index (χ1v) is 10.8. The van der Waals surface area contributed by atoms with Crippen molar-refractivity contribution in [3.8, 4) is 0 Å². The van der Waals surface area contributed by atoms with E-state index in [-0.39, 0.29) is 11.5 Å². The number of aryl methyl sites for hydroxylation is 1. The molecule has 0 amide bonds. The molecule has 0 radical (unpaired) electrons. The molecule has 130 valence electrons. The van der Waals surface area contributed by atoms with Gasteiger partial charge in [0, 0.05) is 11.8 Å². The Kier molecular flexibility index (Phi) is 3.81. The lowest BCUT2D eigenvalue weighted by Crippen LogP contribution is -2.31. The van der Waals surface area contributed by atoms with E-state index in [1.165, 1.54) is 10.3 Å². The number of thiazole rings is 1. The molecule has 0 saturated carbocycles. The van der Waals surface area contributed by atoms with Gasteiger partial charge in [0.1, 0.15) is 5.01 Å². The highest BCUT2D eigenvalue weighted by molar-refractivity contribution is 7.91. The Balaban J connectivity index is 1.57. The standard InChI is InChI=1S/C18H19N3O2S2/c1-13-3-5-16-15(9-13)20-17(24-16)6-4-14-10-19-21(11-14)18(2)7-8-25(22,23)12-18/h3-6,9-11H,7-8,12H2,1-2H3/b6-4+. The minimum absolute atomic E-state index is 0.155. The lowest BCUT2D eigenvalue weighted by atomic mass is 10.0. The van der Waals surface area contributed by atoms with Crippen LogP contribution < -0.4 is 0 Å². The van der Waals surface area contributed by atoms with Crippen molar-refractivity contribution in [2.45, 2.75) is 25.8 Å². The molecule has 1 atom stereocenters. The molecule has 1 aromatic carbocycles. The molecule has 1 saturated heterocycles. The molecule has 1 fully saturated rings. The van der Waals surface area contributed by atoms with Crippen LogP contribution in [0.15, 0.2) is 30.6 Å². The first-order valence-electron chi connectivity index (χ1n) is 8.14. The smallest absolute Gasteiger partial charge is 0.152 e. The second kappa shape index (κ2) is 5.78. The van der Waals surface area contributed by atoms with Gasteiger partial charge in [-0.2, -0.15) is 5.10 Å². The number of sulfone groups is 1. The molecule has 0 bridgehead atoms. The van der Waals surface area contributed by atoms with Crippen LogP contribution in [0.1, 0.15) is 29.5 Å². The van der Waals surface area contributed by atoms with Gasteiger partial charge in [-0.05, 0) is 50.1 Å². The summed E-state index contributed by atoms with van der Waals surface area (Å²) >= 11 is 1.65. The van der Waals surface area contributed by atoms with E-state index in [0.29, 0.717) is 6.42 Å². The van der Waals surface area contributed by atoms with Crippen molar-refractivity contribution in [2.24, 2.45) is 0 Å². The molecule has 1 aliphatic heterocycles. The minimum atomic E-state index is -2.95. The summed E-state index contributed by atoms with van der Waals surface area (Å²) < 4.78 is 26.5. The maximum Gasteiger partial charge on any atom is 0.152 e. The van der Waals surface area contributed by atoms with Gasteiger partial charge in [0.05, 0.1) is 33.5 Å². The fourth-order valence-corrected chi connectivity index (χ4v) is 6.16. The third-order valence-electron chi connectivity index (χ3n) is 4.62. The third kappa shape index (κ3) is 3.26. The highest BCUT2D eigenvalue weighted by Gasteiger charge is 2.40. The quantitative estimate of drug-likeness (QED) is 0.705. The van der Waals surface area contributed by atoms with Crippen LogP contribution in [0.3, 0.4) is 0 Å². The lowest BCUT2D eigenvalue weighted by molar-refractivity contribution is 0.328. The molecular weight excluding hydrogens is 354 g/mol. The average Bonchev–Trinajstić information content (AvgIpc) is 3.22. The van der Waals surface area contributed by atoms with E-state index in [1.54, 1.807) is 22.2 Å². The summed E-state index contributed by atoms with van der Waals surface area (Å²) in [6.45, 7) is 4.01. The predicted octanol–water partition coefficient (Wildman–Crippen LogP) is 3.51. The fourth-order valence-electron chi connectivity index (χ4n) is 3.19. The number of hydrogen-bond donors (Lipinski definition) is 0. The highest BCUT2D eigenvalue weighted by Crippen LogP contribution is 2.30. The topological polar surface area (TPSA) is 64.8 Å². The van der Waals surface area contributed by atoms with E-state index in [2.05, 4.69) is 35.2 Å². The summed E-state index contributed by atoms with van der Waals surface area (Å²) in [6, 6.07) is 6.27. The fraction of sp³-hybridized carbons (Fsp3) is 0.333. The summed E-state index contributed by atoms with van der Waals surface area (Å²) in [5.41, 5.74) is 2.72.